The first-order valence-electron chi connectivity index (χ1n) is 5.72. The molecule has 1 N–H and O–H groups in total. The monoisotopic (exact) mass is 242 g/mol. The number of nitrogens with zero attached hydrogens (tertiary/aromatic N) is 5. The average molecular weight is 242 g/mol. The van der Waals surface area contributed by atoms with Gasteiger partial charge in [-0.2, -0.15) is 10.2 Å². The third kappa shape index (κ3) is 1.67. The van der Waals surface area contributed by atoms with Gasteiger partial charge in [-0.25, -0.2) is 4.52 Å². The van der Waals surface area contributed by atoms with Gasteiger partial charge >= 0.3 is 0 Å². The minimum Gasteiger partial charge on any atom is -0.309 e. The Bertz CT molecular complexity index is 668. The van der Waals surface area contributed by atoms with Gasteiger partial charge in [0.2, 0.25) is 0 Å². The van der Waals surface area contributed by atoms with Crippen molar-refractivity contribution in [3.05, 3.63) is 48.3 Å². The van der Waals surface area contributed by atoms with E-state index in [-0.39, 0.29) is 6.04 Å². The topological polar surface area (TPSA) is 60.0 Å². The highest BCUT2D eigenvalue weighted by atomic mass is 15.2. The van der Waals surface area contributed by atoms with Crippen LogP contribution in [0.25, 0.3) is 5.52 Å². The van der Waals surface area contributed by atoms with Gasteiger partial charge in [-0.15, -0.1) is 0 Å². The molecule has 0 aliphatic heterocycles. The quantitative estimate of drug-likeness (QED) is 0.737. The largest absolute Gasteiger partial charge is 0.309 e. The smallest absolute Gasteiger partial charge is 0.0896 e. The van der Waals surface area contributed by atoms with Crippen LogP contribution in [0, 0.1) is 0 Å². The summed E-state index contributed by atoms with van der Waals surface area (Å²) < 4.78 is 3.62. The molecule has 3 aromatic rings. The van der Waals surface area contributed by atoms with E-state index >= 15 is 0 Å². The number of aryl methyl sites for hydroxylation is 1. The number of hydrogen-bond acceptors (Lipinski definition) is 4. The predicted octanol–water partition coefficient (Wildman–Crippen LogP) is 0.772. The Morgan fingerprint density at radius 1 is 1.22 bits per heavy atom. The summed E-state index contributed by atoms with van der Waals surface area (Å²) in [5.41, 5.74) is 3.21. The Kier molecular flexibility index (Phi) is 2.56. The molecule has 0 bridgehead atoms. The molecular weight excluding hydrogens is 228 g/mol. The van der Waals surface area contributed by atoms with Crippen molar-refractivity contribution in [2.24, 2.45) is 7.05 Å². The second kappa shape index (κ2) is 4.23. The van der Waals surface area contributed by atoms with E-state index in [1.165, 1.54) is 0 Å². The second-order valence-electron chi connectivity index (χ2n) is 4.18. The van der Waals surface area contributed by atoms with E-state index in [1.54, 1.807) is 10.9 Å². The summed E-state index contributed by atoms with van der Waals surface area (Å²) in [7, 11) is 3.84. The molecule has 0 aliphatic rings. The molecule has 0 saturated heterocycles. The molecule has 3 aromatic heterocycles. The average Bonchev–Trinajstić information content (AvgIpc) is 2.98. The molecule has 0 saturated carbocycles. The molecule has 0 spiro atoms. The van der Waals surface area contributed by atoms with Crippen LogP contribution in [0.3, 0.4) is 0 Å². The molecule has 3 rings (SSSR count). The summed E-state index contributed by atoms with van der Waals surface area (Å²) in [6.45, 7) is 0. The SMILES string of the molecule is CNC(c1cnn(C)c1)c1cnn2ccncc12. The Morgan fingerprint density at radius 2 is 2.11 bits per heavy atom. The lowest BCUT2D eigenvalue weighted by Gasteiger charge is -2.12. The maximum absolute atomic E-state index is 4.33. The maximum Gasteiger partial charge on any atom is 0.0896 e. The summed E-state index contributed by atoms with van der Waals surface area (Å²) in [5.74, 6) is 0. The van der Waals surface area contributed by atoms with Crippen molar-refractivity contribution >= 4 is 5.52 Å². The van der Waals surface area contributed by atoms with Gasteiger partial charge in [0.15, 0.2) is 0 Å². The van der Waals surface area contributed by atoms with Gasteiger partial charge in [-0.3, -0.25) is 9.67 Å². The molecule has 3 heterocycles. The van der Waals surface area contributed by atoms with Gasteiger partial charge in [-0.05, 0) is 7.05 Å². The van der Waals surface area contributed by atoms with Gasteiger partial charge in [-0.1, -0.05) is 0 Å². The van der Waals surface area contributed by atoms with Gasteiger partial charge < -0.3 is 5.32 Å². The highest BCUT2D eigenvalue weighted by molar-refractivity contribution is 5.55. The van der Waals surface area contributed by atoms with E-state index in [0.29, 0.717) is 0 Å². The zero-order valence-electron chi connectivity index (χ0n) is 10.3. The number of aromatic nitrogens is 5. The Hall–Kier alpha value is -2.21. The Morgan fingerprint density at radius 3 is 2.83 bits per heavy atom. The zero-order valence-corrected chi connectivity index (χ0v) is 10.3. The molecule has 1 unspecified atom stereocenters. The van der Waals surface area contributed by atoms with Crippen molar-refractivity contribution < 1.29 is 0 Å². The predicted molar refractivity (Wildman–Crippen MR) is 67.1 cm³/mol. The van der Waals surface area contributed by atoms with E-state index in [2.05, 4.69) is 20.5 Å². The van der Waals surface area contributed by atoms with Gasteiger partial charge in [0.25, 0.3) is 0 Å². The Labute approximate surface area is 104 Å². The van der Waals surface area contributed by atoms with E-state index < -0.39 is 0 Å². The lowest BCUT2D eigenvalue weighted by molar-refractivity contribution is 0.693. The fourth-order valence-electron chi connectivity index (χ4n) is 2.17. The van der Waals surface area contributed by atoms with Crippen molar-refractivity contribution in [3.63, 3.8) is 0 Å². The number of nitrogens with one attached hydrogen (secondary N) is 1. The Balaban J connectivity index is 2.11. The molecule has 1 atom stereocenters. The molecule has 6 heteroatoms. The van der Waals surface area contributed by atoms with Crippen molar-refractivity contribution in [2.75, 3.05) is 7.05 Å². The molecule has 0 aromatic carbocycles. The number of fused-ring (bicyclic) bond motifs is 1. The van der Waals surface area contributed by atoms with Crippen LogP contribution >= 0.6 is 0 Å². The van der Waals surface area contributed by atoms with E-state index in [0.717, 1.165) is 16.6 Å². The van der Waals surface area contributed by atoms with E-state index in [4.69, 9.17) is 0 Å². The van der Waals surface area contributed by atoms with Crippen molar-refractivity contribution in [1.82, 2.24) is 29.7 Å². The minimum absolute atomic E-state index is 0.0698. The van der Waals surface area contributed by atoms with Crippen LogP contribution in [0.5, 0.6) is 0 Å². The van der Waals surface area contributed by atoms with Crippen LogP contribution in [0.4, 0.5) is 0 Å². The summed E-state index contributed by atoms with van der Waals surface area (Å²) >= 11 is 0. The standard InChI is InChI=1S/C12H14N6/c1-13-12(9-5-15-17(2)8-9)10-6-16-18-4-3-14-7-11(10)18/h3-8,12-13H,1-2H3. The summed E-state index contributed by atoms with van der Waals surface area (Å²) in [6.07, 6.45) is 11.1. The zero-order chi connectivity index (χ0) is 12.5. The lowest BCUT2D eigenvalue weighted by Crippen LogP contribution is -2.17. The normalized spacial score (nSPS) is 13.0. The fraction of sp³-hybridized carbons (Fsp3) is 0.250. The van der Waals surface area contributed by atoms with Gasteiger partial charge in [0, 0.05) is 36.8 Å². The lowest BCUT2D eigenvalue weighted by atomic mass is 10.0. The molecule has 0 aliphatic carbocycles. The highest BCUT2D eigenvalue weighted by Gasteiger charge is 2.18. The van der Waals surface area contributed by atoms with Crippen LogP contribution in [-0.4, -0.2) is 31.4 Å². The maximum atomic E-state index is 4.33. The van der Waals surface area contributed by atoms with Crippen molar-refractivity contribution in [1.29, 1.82) is 0 Å². The minimum atomic E-state index is 0.0698. The number of hydrogen-bond donors (Lipinski definition) is 1. The van der Waals surface area contributed by atoms with E-state index in [9.17, 15) is 0 Å². The molecule has 0 radical (unpaired) electrons. The summed E-state index contributed by atoms with van der Waals surface area (Å²) in [4.78, 5) is 4.15. The van der Waals surface area contributed by atoms with Crippen LogP contribution in [-0.2, 0) is 7.05 Å². The first-order chi connectivity index (χ1) is 8.79. The third-order valence-corrected chi connectivity index (χ3v) is 3.01. The number of rotatable bonds is 3. The van der Waals surface area contributed by atoms with Crippen LogP contribution < -0.4 is 5.32 Å². The molecule has 92 valence electrons. The molecule has 0 fully saturated rings. The highest BCUT2D eigenvalue weighted by Crippen LogP contribution is 2.24. The molecule has 6 nitrogen and oxygen atoms in total. The first-order valence-corrected chi connectivity index (χ1v) is 5.72. The van der Waals surface area contributed by atoms with Crippen LogP contribution in [0.15, 0.2) is 37.2 Å². The molecular formula is C12H14N6. The summed E-state index contributed by atoms with van der Waals surface area (Å²) in [5, 5.41) is 11.8. The molecule has 18 heavy (non-hydrogen) atoms. The fourth-order valence-corrected chi connectivity index (χ4v) is 2.17. The first kappa shape index (κ1) is 10.9. The van der Waals surface area contributed by atoms with Crippen molar-refractivity contribution in [3.8, 4) is 0 Å². The molecule has 0 amide bonds. The second-order valence-corrected chi connectivity index (χ2v) is 4.18. The van der Waals surface area contributed by atoms with Crippen LogP contribution in [0.2, 0.25) is 0 Å². The van der Waals surface area contributed by atoms with Gasteiger partial charge in [0.05, 0.1) is 30.1 Å². The van der Waals surface area contributed by atoms with Gasteiger partial charge in [0.1, 0.15) is 0 Å². The van der Waals surface area contributed by atoms with E-state index in [1.807, 2.05) is 49.6 Å². The summed E-state index contributed by atoms with van der Waals surface area (Å²) in [6, 6.07) is 0.0698. The van der Waals surface area contributed by atoms with Crippen molar-refractivity contribution in [2.45, 2.75) is 6.04 Å². The third-order valence-electron chi connectivity index (χ3n) is 3.01. The van der Waals surface area contributed by atoms with Crippen LogP contribution in [0.1, 0.15) is 17.2 Å².